The van der Waals surface area contributed by atoms with Crippen LogP contribution in [0.3, 0.4) is 0 Å². The summed E-state index contributed by atoms with van der Waals surface area (Å²) in [5, 5.41) is 6.23. The molecule has 38 heavy (non-hydrogen) atoms. The second-order valence-electron chi connectivity index (χ2n) is 9.11. The standard InChI is InChI=1S/C29H32N4O3S2/c1-5-7-18-32(6-2)38(35,36)25-15-13-24(14-16-25)28(34)33(30-20-23-11-8-21(3)9-12-23)29-31-26-17-10-22(4)19-27(26)37-29/h8-17,19-20H,5-7,18H2,1-4H3/b30-20+. The number of anilines is 1. The van der Waals surface area contributed by atoms with E-state index in [9.17, 15) is 13.2 Å². The van der Waals surface area contributed by atoms with Gasteiger partial charge in [-0.1, -0.05) is 67.5 Å². The van der Waals surface area contributed by atoms with Crippen molar-refractivity contribution < 1.29 is 13.2 Å². The first-order chi connectivity index (χ1) is 18.2. The highest BCUT2D eigenvalue weighted by Crippen LogP contribution is 2.31. The molecule has 7 nitrogen and oxygen atoms in total. The van der Waals surface area contributed by atoms with Gasteiger partial charge in [0.2, 0.25) is 15.2 Å². The minimum atomic E-state index is -3.64. The van der Waals surface area contributed by atoms with Crippen molar-refractivity contribution in [2.45, 2.75) is 45.4 Å². The number of rotatable bonds is 10. The summed E-state index contributed by atoms with van der Waals surface area (Å²) in [6, 6.07) is 19.8. The van der Waals surface area contributed by atoms with Gasteiger partial charge in [0.15, 0.2) is 0 Å². The summed E-state index contributed by atoms with van der Waals surface area (Å²) in [4.78, 5) is 18.5. The molecule has 0 radical (unpaired) electrons. The van der Waals surface area contributed by atoms with Gasteiger partial charge in [0.05, 0.1) is 21.3 Å². The van der Waals surface area contributed by atoms with Crippen molar-refractivity contribution in [3.8, 4) is 0 Å². The highest BCUT2D eigenvalue weighted by Gasteiger charge is 2.25. The van der Waals surface area contributed by atoms with Crippen molar-refractivity contribution in [2.24, 2.45) is 5.10 Å². The second kappa shape index (κ2) is 12.0. The zero-order valence-electron chi connectivity index (χ0n) is 22.1. The summed E-state index contributed by atoms with van der Waals surface area (Å²) in [6.45, 7) is 8.73. The maximum absolute atomic E-state index is 13.7. The number of benzene rings is 3. The lowest BCUT2D eigenvalue weighted by Gasteiger charge is -2.20. The summed E-state index contributed by atoms with van der Waals surface area (Å²) < 4.78 is 28.7. The van der Waals surface area contributed by atoms with E-state index >= 15 is 0 Å². The fourth-order valence-corrected chi connectivity index (χ4v) is 6.41. The van der Waals surface area contributed by atoms with E-state index < -0.39 is 15.9 Å². The van der Waals surface area contributed by atoms with Crippen molar-refractivity contribution in [3.63, 3.8) is 0 Å². The number of unbranched alkanes of at least 4 members (excludes halogenated alkanes) is 1. The van der Waals surface area contributed by atoms with Gasteiger partial charge in [-0.05, 0) is 67.8 Å². The predicted molar refractivity (Wildman–Crippen MR) is 156 cm³/mol. The van der Waals surface area contributed by atoms with Gasteiger partial charge in [0.1, 0.15) is 0 Å². The van der Waals surface area contributed by atoms with Crippen LogP contribution in [-0.4, -0.2) is 42.9 Å². The van der Waals surface area contributed by atoms with Crippen molar-refractivity contribution in [1.82, 2.24) is 9.29 Å². The Morgan fingerprint density at radius 3 is 2.32 bits per heavy atom. The SMILES string of the molecule is CCCCN(CC)S(=O)(=O)c1ccc(C(=O)N(/N=C/c2ccc(C)cc2)c2nc3ccc(C)cc3s2)cc1. The normalized spacial score (nSPS) is 12.0. The third kappa shape index (κ3) is 6.18. The highest BCUT2D eigenvalue weighted by atomic mass is 32.2. The molecule has 1 amide bonds. The summed E-state index contributed by atoms with van der Waals surface area (Å²) in [5.41, 5.74) is 4.18. The van der Waals surface area contributed by atoms with E-state index in [-0.39, 0.29) is 4.90 Å². The van der Waals surface area contributed by atoms with E-state index in [4.69, 9.17) is 0 Å². The van der Waals surface area contributed by atoms with Crippen molar-refractivity contribution in [1.29, 1.82) is 0 Å². The van der Waals surface area contributed by atoms with Gasteiger partial charge in [-0.3, -0.25) is 4.79 Å². The molecule has 0 aliphatic rings. The summed E-state index contributed by atoms with van der Waals surface area (Å²) in [5.74, 6) is -0.397. The lowest BCUT2D eigenvalue weighted by Crippen LogP contribution is -2.32. The maximum Gasteiger partial charge on any atom is 0.280 e. The number of fused-ring (bicyclic) bond motifs is 1. The quantitative estimate of drug-likeness (QED) is 0.169. The smallest absolute Gasteiger partial charge is 0.267 e. The lowest BCUT2D eigenvalue weighted by atomic mass is 10.2. The van der Waals surface area contributed by atoms with Crippen LogP contribution in [0.4, 0.5) is 5.13 Å². The molecular weight excluding hydrogens is 516 g/mol. The van der Waals surface area contributed by atoms with E-state index in [1.54, 1.807) is 6.21 Å². The predicted octanol–water partition coefficient (Wildman–Crippen LogP) is 6.40. The topological polar surface area (TPSA) is 82.9 Å². The molecule has 4 aromatic rings. The fraction of sp³-hybridized carbons (Fsp3) is 0.276. The van der Waals surface area contributed by atoms with Crippen LogP contribution in [0.5, 0.6) is 0 Å². The highest BCUT2D eigenvalue weighted by molar-refractivity contribution is 7.89. The van der Waals surface area contributed by atoms with Crippen molar-refractivity contribution in [2.75, 3.05) is 18.1 Å². The number of carbonyl (C=O) groups excluding carboxylic acids is 1. The molecule has 198 valence electrons. The van der Waals surface area contributed by atoms with E-state index in [1.165, 1.54) is 44.9 Å². The first-order valence-corrected chi connectivity index (χ1v) is 14.9. The van der Waals surface area contributed by atoms with Gasteiger partial charge in [0.25, 0.3) is 5.91 Å². The van der Waals surface area contributed by atoms with E-state index in [1.807, 2.05) is 70.2 Å². The Morgan fingerprint density at radius 2 is 1.66 bits per heavy atom. The lowest BCUT2D eigenvalue weighted by molar-refractivity contribution is 0.0987. The number of nitrogens with zero attached hydrogens (tertiary/aromatic N) is 4. The third-order valence-electron chi connectivity index (χ3n) is 6.16. The van der Waals surface area contributed by atoms with Crippen LogP contribution in [-0.2, 0) is 10.0 Å². The third-order valence-corrected chi connectivity index (χ3v) is 9.14. The molecule has 0 aliphatic carbocycles. The van der Waals surface area contributed by atoms with Gasteiger partial charge < -0.3 is 0 Å². The van der Waals surface area contributed by atoms with Gasteiger partial charge in [-0.2, -0.15) is 14.4 Å². The van der Waals surface area contributed by atoms with Crippen LogP contribution in [0.25, 0.3) is 10.2 Å². The molecule has 0 aliphatic heterocycles. The number of hydrazone groups is 1. The van der Waals surface area contributed by atoms with Crippen LogP contribution < -0.4 is 5.01 Å². The number of hydrogen-bond donors (Lipinski definition) is 0. The average Bonchev–Trinajstić information content (AvgIpc) is 3.33. The number of aryl methyl sites for hydroxylation is 2. The summed E-state index contributed by atoms with van der Waals surface area (Å²) >= 11 is 1.38. The molecular formula is C29H32N4O3S2. The zero-order valence-corrected chi connectivity index (χ0v) is 23.7. The Kier molecular flexibility index (Phi) is 8.71. The Bertz CT molecular complexity index is 1540. The minimum Gasteiger partial charge on any atom is -0.267 e. The molecule has 3 aromatic carbocycles. The van der Waals surface area contributed by atoms with Crippen molar-refractivity contribution >= 4 is 48.8 Å². The largest absolute Gasteiger partial charge is 0.280 e. The Hall–Kier alpha value is -3.40. The van der Waals surface area contributed by atoms with Crippen LogP contribution in [0.1, 0.15) is 53.7 Å². The summed E-state index contributed by atoms with van der Waals surface area (Å²) in [7, 11) is -3.64. The molecule has 0 saturated carbocycles. The molecule has 1 aromatic heterocycles. The van der Waals surface area contributed by atoms with Gasteiger partial charge in [-0.25, -0.2) is 13.4 Å². The van der Waals surface area contributed by atoms with Crippen LogP contribution in [0.2, 0.25) is 0 Å². The molecule has 0 spiro atoms. The van der Waals surface area contributed by atoms with E-state index in [0.717, 1.165) is 39.7 Å². The van der Waals surface area contributed by atoms with Gasteiger partial charge in [-0.15, -0.1) is 0 Å². The number of hydrogen-bond acceptors (Lipinski definition) is 6. The Labute approximate surface area is 228 Å². The van der Waals surface area contributed by atoms with Crippen LogP contribution >= 0.6 is 11.3 Å². The number of sulfonamides is 1. The number of aromatic nitrogens is 1. The maximum atomic E-state index is 13.7. The number of carbonyl (C=O) groups is 1. The molecule has 0 unspecified atom stereocenters. The Morgan fingerprint density at radius 1 is 0.974 bits per heavy atom. The van der Waals surface area contributed by atoms with Gasteiger partial charge in [0, 0.05) is 18.7 Å². The molecule has 0 atom stereocenters. The van der Waals surface area contributed by atoms with Crippen LogP contribution in [0.15, 0.2) is 76.7 Å². The molecule has 0 bridgehead atoms. The monoisotopic (exact) mass is 548 g/mol. The average molecular weight is 549 g/mol. The molecule has 4 rings (SSSR count). The molecule has 0 fully saturated rings. The van der Waals surface area contributed by atoms with Gasteiger partial charge >= 0.3 is 0 Å². The number of amides is 1. The van der Waals surface area contributed by atoms with E-state index in [2.05, 4.69) is 10.1 Å². The van der Waals surface area contributed by atoms with Crippen LogP contribution in [0, 0.1) is 13.8 Å². The second-order valence-corrected chi connectivity index (χ2v) is 12.1. The zero-order chi connectivity index (χ0) is 27.3. The number of thiazole rings is 1. The molecule has 0 N–H and O–H groups in total. The van der Waals surface area contributed by atoms with E-state index in [0.29, 0.717) is 23.8 Å². The Balaban J connectivity index is 1.68. The fourth-order valence-electron chi connectivity index (χ4n) is 3.90. The van der Waals surface area contributed by atoms with Crippen molar-refractivity contribution in [3.05, 3.63) is 89.0 Å². The first kappa shape index (κ1) is 27.6. The molecule has 1 heterocycles. The minimum absolute atomic E-state index is 0.164. The first-order valence-electron chi connectivity index (χ1n) is 12.7. The molecule has 9 heteroatoms. The summed E-state index contributed by atoms with van der Waals surface area (Å²) in [6.07, 6.45) is 3.32. The molecule has 0 saturated heterocycles.